The maximum Gasteiger partial charge on any atom is 0.259 e. The molecule has 0 saturated carbocycles. The van der Waals surface area contributed by atoms with Crippen molar-refractivity contribution in [2.45, 2.75) is 6.54 Å². The Morgan fingerprint density at radius 2 is 1.95 bits per heavy atom. The van der Waals surface area contributed by atoms with E-state index < -0.39 is 11.7 Å². The monoisotopic (exact) mass is 350 g/mol. The van der Waals surface area contributed by atoms with Crippen molar-refractivity contribution in [3.63, 3.8) is 0 Å². The predicted octanol–water partition coefficient (Wildman–Crippen LogP) is 3.90. The number of amides is 1. The molecular weight excluding hydrogens is 335 g/mol. The minimum atomic E-state index is -0.550. The van der Waals surface area contributed by atoms with Gasteiger partial charge in [-0.1, -0.05) is 18.2 Å². The molecule has 0 atom stereocenters. The van der Waals surface area contributed by atoms with E-state index in [9.17, 15) is 9.18 Å². The topological polar surface area (TPSA) is 32.3 Å². The van der Waals surface area contributed by atoms with E-state index in [0.717, 1.165) is 12.1 Å². The van der Waals surface area contributed by atoms with Crippen LogP contribution in [-0.2, 0) is 6.54 Å². The molecule has 0 aliphatic carbocycles. The highest BCUT2D eigenvalue weighted by Gasteiger charge is 2.15. The fourth-order valence-electron chi connectivity index (χ4n) is 2.02. The normalized spacial score (nSPS) is 10.7. The number of benzene rings is 2. The van der Waals surface area contributed by atoms with Crippen LogP contribution < -0.4 is 5.32 Å². The zero-order valence-electron chi connectivity index (χ0n) is 11.9. The Bertz CT molecular complexity index is 638. The van der Waals surface area contributed by atoms with Gasteiger partial charge in [-0.3, -0.25) is 4.79 Å². The minimum absolute atomic E-state index is 0.00973. The highest BCUT2D eigenvalue weighted by molar-refractivity contribution is 9.10. The van der Waals surface area contributed by atoms with E-state index in [0.29, 0.717) is 10.2 Å². The first-order chi connectivity index (χ1) is 9.97. The van der Waals surface area contributed by atoms with Crippen LogP contribution >= 0.6 is 15.9 Å². The van der Waals surface area contributed by atoms with Gasteiger partial charge in [0, 0.05) is 16.7 Å². The van der Waals surface area contributed by atoms with Crippen LogP contribution in [0.1, 0.15) is 15.9 Å². The molecule has 0 heterocycles. The maximum absolute atomic E-state index is 13.8. The van der Waals surface area contributed by atoms with E-state index >= 15 is 0 Å². The second-order valence-electron chi connectivity index (χ2n) is 4.99. The van der Waals surface area contributed by atoms with Crippen molar-refractivity contribution in [3.05, 3.63) is 63.9 Å². The van der Waals surface area contributed by atoms with Crippen LogP contribution in [0.2, 0.25) is 0 Å². The van der Waals surface area contributed by atoms with Gasteiger partial charge in [0.1, 0.15) is 5.82 Å². The van der Waals surface area contributed by atoms with Gasteiger partial charge in [-0.05, 0) is 59.9 Å². The zero-order chi connectivity index (χ0) is 15.4. The molecule has 0 spiro atoms. The molecule has 110 valence electrons. The molecule has 0 radical (unpaired) electrons. The summed E-state index contributed by atoms with van der Waals surface area (Å²) in [6, 6.07) is 12.0. The van der Waals surface area contributed by atoms with Crippen molar-refractivity contribution in [2.24, 2.45) is 0 Å². The summed E-state index contributed by atoms with van der Waals surface area (Å²) in [6.07, 6.45) is 0. The van der Waals surface area contributed by atoms with Crippen LogP contribution in [0.4, 0.5) is 10.1 Å². The summed E-state index contributed by atoms with van der Waals surface area (Å²) in [6.45, 7) is 0.771. The fourth-order valence-corrected chi connectivity index (χ4v) is 2.54. The molecule has 5 heteroatoms. The number of nitrogens with zero attached hydrogens (tertiary/aromatic N) is 1. The van der Waals surface area contributed by atoms with Gasteiger partial charge >= 0.3 is 0 Å². The van der Waals surface area contributed by atoms with Crippen LogP contribution in [0, 0.1) is 5.82 Å². The number of anilines is 1. The Morgan fingerprint density at radius 3 is 2.62 bits per heavy atom. The van der Waals surface area contributed by atoms with Crippen LogP contribution in [0.25, 0.3) is 0 Å². The molecule has 2 rings (SSSR count). The van der Waals surface area contributed by atoms with E-state index in [1.165, 1.54) is 6.07 Å². The number of rotatable bonds is 4. The Balaban J connectivity index is 2.20. The van der Waals surface area contributed by atoms with Crippen molar-refractivity contribution >= 4 is 27.5 Å². The number of hydrogen-bond donors (Lipinski definition) is 1. The lowest BCUT2D eigenvalue weighted by molar-refractivity contribution is 0.102. The number of carbonyl (C=O) groups excluding carboxylic acids is 1. The molecule has 1 amide bonds. The summed E-state index contributed by atoms with van der Waals surface area (Å²) < 4.78 is 14.2. The third-order valence-corrected chi connectivity index (χ3v) is 3.53. The second kappa shape index (κ2) is 6.83. The van der Waals surface area contributed by atoms with Gasteiger partial charge in [-0.25, -0.2) is 4.39 Å². The molecule has 0 bridgehead atoms. The molecule has 0 fully saturated rings. The number of nitrogens with one attached hydrogen (secondary N) is 1. The minimum Gasteiger partial charge on any atom is -0.322 e. The van der Waals surface area contributed by atoms with E-state index in [2.05, 4.69) is 21.2 Å². The maximum atomic E-state index is 13.8. The van der Waals surface area contributed by atoms with Crippen LogP contribution in [-0.4, -0.2) is 24.9 Å². The second-order valence-corrected chi connectivity index (χ2v) is 5.84. The van der Waals surface area contributed by atoms with Crippen LogP contribution in [0.5, 0.6) is 0 Å². The van der Waals surface area contributed by atoms with Crippen molar-refractivity contribution in [3.8, 4) is 0 Å². The summed E-state index contributed by atoms with van der Waals surface area (Å²) >= 11 is 3.20. The van der Waals surface area contributed by atoms with Crippen LogP contribution in [0.15, 0.2) is 46.9 Å². The first-order valence-electron chi connectivity index (χ1n) is 6.46. The summed E-state index contributed by atoms with van der Waals surface area (Å²) in [5, 5.41) is 2.73. The first-order valence-corrected chi connectivity index (χ1v) is 7.25. The fraction of sp³-hybridized carbons (Fsp3) is 0.188. The van der Waals surface area contributed by atoms with Gasteiger partial charge in [0.2, 0.25) is 0 Å². The zero-order valence-corrected chi connectivity index (χ0v) is 13.4. The predicted molar refractivity (Wildman–Crippen MR) is 85.9 cm³/mol. The standard InChI is InChI=1S/C16H16BrFN2O/c1-20(2)10-11-5-3-6-12(9-11)19-16(21)15-13(17)7-4-8-14(15)18/h3-9H,10H2,1-2H3,(H,19,21). The Morgan fingerprint density at radius 1 is 1.24 bits per heavy atom. The lowest BCUT2D eigenvalue weighted by Crippen LogP contribution is -2.15. The average molecular weight is 351 g/mol. The lowest BCUT2D eigenvalue weighted by Gasteiger charge is -2.12. The molecule has 3 nitrogen and oxygen atoms in total. The van der Waals surface area contributed by atoms with Gasteiger partial charge in [0.25, 0.3) is 5.91 Å². The van der Waals surface area contributed by atoms with Crippen molar-refractivity contribution in [1.29, 1.82) is 0 Å². The molecule has 0 aliphatic heterocycles. The SMILES string of the molecule is CN(C)Cc1cccc(NC(=O)c2c(F)cccc2Br)c1. The van der Waals surface area contributed by atoms with Gasteiger partial charge in [-0.2, -0.15) is 0 Å². The van der Waals surface area contributed by atoms with Crippen LogP contribution in [0.3, 0.4) is 0 Å². The van der Waals surface area contributed by atoms with Gasteiger partial charge in [0.05, 0.1) is 5.56 Å². The molecule has 1 N–H and O–H groups in total. The molecular formula is C16H16BrFN2O. The Labute approximate surface area is 131 Å². The molecule has 2 aromatic carbocycles. The van der Waals surface area contributed by atoms with E-state index in [1.807, 2.05) is 37.2 Å². The van der Waals surface area contributed by atoms with Crippen molar-refractivity contribution in [2.75, 3.05) is 19.4 Å². The van der Waals surface area contributed by atoms with E-state index in [1.54, 1.807) is 18.2 Å². The third-order valence-electron chi connectivity index (χ3n) is 2.87. The van der Waals surface area contributed by atoms with Gasteiger partial charge in [0.15, 0.2) is 0 Å². The molecule has 2 aromatic rings. The average Bonchev–Trinajstić information content (AvgIpc) is 2.37. The van der Waals surface area contributed by atoms with E-state index in [-0.39, 0.29) is 5.56 Å². The molecule has 21 heavy (non-hydrogen) atoms. The number of hydrogen-bond acceptors (Lipinski definition) is 2. The van der Waals surface area contributed by atoms with E-state index in [4.69, 9.17) is 0 Å². The Kier molecular flexibility index (Phi) is 5.09. The third kappa shape index (κ3) is 4.12. The lowest BCUT2D eigenvalue weighted by atomic mass is 10.1. The highest BCUT2D eigenvalue weighted by Crippen LogP contribution is 2.21. The highest BCUT2D eigenvalue weighted by atomic mass is 79.9. The summed E-state index contributed by atoms with van der Waals surface area (Å²) in [4.78, 5) is 14.2. The molecule has 0 aliphatic rings. The van der Waals surface area contributed by atoms with Crippen molar-refractivity contribution < 1.29 is 9.18 Å². The number of halogens is 2. The largest absolute Gasteiger partial charge is 0.322 e. The van der Waals surface area contributed by atoms with Gasteiger partial charge in [-0.15, -0.1) is 0 Å². The van der Waals surface area contributed by atoms with Gasteiger partial charge < -0.3 is 10.2 Å². The summed E-state index contributed by atoms with van der Waals surface area (Å²) in [5.74, 6) is -1.02. The Hall–Kier alpha value is -1.72. The summed E-state index contributed by atoms with van der Waals surface area (Å²) in [7, 11) is 3.95. The number of carbonyl (C=O) groups is 1. The van der Waals surface area contributed by atoms with Crippen molar-refractivity contribution in [1.82, 2.24) is 4.90 Å². The molecule has 0 unspecified atom stereocenters. The summed E-state index contributed by atoms with van der Waals surface area (Å²) in [5.41, 5.74) is 1.73. The smallest absolute Gasteiger partial charge is 0.259 e. The quantitative estimate of drug-likeness (QED) is 0.906. The molecule has 0 aromatic heterocycles. The molecule has 0 saturated heterocycles. The first kappa shape index (κ1) is 15.7.